The molecule has 0 fully saturated rings. The normalized spacial score (nSPS) is 10.4. The molecule has 3 aromatic rings. The summed E-state index contributed by atoms with van der Waals surface area (Å²) in [6.07, 6.45) is 4.49. The van der Waals surface area contributed by atoms with Gasteiger partial charge in [0.1, 0.15) is 0 Å². The van der Waals surface area contributed by atoms with Gasteiger partial charge in [-0.2, -0.15) is 0 Å². The minimum absolute atomic E-state index is 1.04. The Hall–Kier alpha value is -2.60. The van der Waals surface area contributed by atoms with Crippen LogP contribution in [-0.4, -0.2) is 0 Å². The van der Waals surface area contributed by atoms with E-state index in [9.17, 15) is 0 Å². The van der Waals surface area contributed by atoms with Gasteiger partial charge in [0, 0.05) is 0 Å². The van der Waals surface area contributed by atoms with Crippen LogP contribution in [0.2, 0.25) is 0 Å². The monoisotopic (exact) mass is 312 g/mol. The van der Waals surface area contributed by atoms with Gasteiger partial charge in [0.2, 0.25) is 0 Å². The Labute approximate surface area is 145 Å². The smallest absolute Gasteiger partial charge is 0.0151 e. The number of rotatable bonds is 5. The minimum atomic E-state index is 1.04. The third-order valence-corrected chi connectivity index (χ3v) is 4.35. The first-order valence-corrected chi connectivity index (χ1v) is 8.60. The molecule has 0 aromatic heterocycles. The SMILES string of the molecule is Cc1ccc(C(=CCCc2ccccc2)c2ccc(C)cc2)cc1. The van der Waals surface area contributed by atoms with E-state index < -0.39 is 0 Å². The van der Waals surface area contributed by atoms with E-state index in [1.165, 1.54) is 33.4 Å². The van der Waals surface area contributed by atoms with Crippen molar-refractivity contribution < 1.29 is 0 Å². The van der Waals surface area contributed by atoms with Gasteiger partial charge in [-0.1, -0.05) is 96.1 Å². The Bertz CT molecular complexity index is 743. The Balaban J connectivity index is 1.87. The highest BCUT2D eigenvalue weighted by molar-refractivity contribution is 5.79. The first-order chi connectivity index (χ1) is 11.7. The molecule has 0 aliphatic carbocycles. The molecule has 120 valence electrons. The fraction of sp³-hybridized carbons (Fsp3) is 0.167. The molecular weight excluding hydrogens is 288 g/mol. The van der Waals surface area contributed by atoms with Gasteiger partial charge in [-0.05, 0) is 49.0 Å². The molecular formula is C24H24. The molecule has 0 spiro atoms. The van der Waals surface area contributed by atoms with Crippen LogP contribution in [0.15, 0.2) is 84.9 Å². The lowest BCUT2D eigenvalue weighted by Gasteiger charge is -2.10. The molecule has 0 aliphatic heterocycles. The summed E-state index contributed by atoms with van der Waals surface area (Å²) in [5, 5.41) is 0. The van der Waals surface area contributed by atoms with Gasteiger partial charge in [0.05, 0.1) is 0 Å². The Kier molecular flexibility index (Phi) is 5.28. The summed E-state index contributed by atoms with van der Waals surface area (Å²) in [7, 11) is 0. The zero-order valence-electron chi connectivity index (χ0n) is 14.5. The van der Waals surface area contributed by atoms with E-state index in [-0.39, 0.29) is 0 Å². The molecule has 0 bridgehead atoms. The maximum absolute atomic E-state index is 2.38. The molecule has 0 saturated carbocycles. The molecule has 0 aliphatic rings. The molecule has 0 atom stereocenters. The van der Waals surface area contributed by atoms with Gasteiger partial charge in [-0.3, -0.25) is 0 Å². The summed E-state index contributed by atoms with van der Waals surface area (Å²) in [4.78, 5) is 0. The molecule has 0 heteroatoms. The maximum atomic E-state index is 2.38. The minimum Gasteiger partial charge on any atom is -0.0757 e. The van der Waals surface area contributed by atoms with Crippen LogP contribution in [0.25, 0.3) is 5.57 Å². The number of hydrogen-bond donors (Lipinski definition) is 0. The lowest BCUT2D eigenvalue weighted by Crippen LogP contribution is -1.90. The second kappa shape index (κ2) is 7.79. The molecule has 0 heterocycles. The summed E-state index contributed by atoms with van der Waals surface area (Å²) in [5.41, 5.74) is 7.89. The lowest BCUT2D eigenvalue weighted by atomic mass is 9.94. The molecule has 0 nitrogen and oxygen atoms in total. The molecule has 0 N–H and O–H groups in total. The van der Waals surface area contributed by atoms with Crippen molar-refractivity contribution in [2.24, 2.45) is 0 Å². The van der Waals surface area contributed by atoms with Crippen molar-refractivity contribution in [1.82, 2.24) is 0 Å². The molecule has 0 amide bonds. The average molecular weight is 312 g/mol. The maximum Gasteiger partial charge on any atom is -0.0151 e. The molecule has 0 radical (unpaired) electrons. The predicted molar refractivity (Wildman–Crippen MR) is 104 cm³/mol. The van der Waals surface area contributed by atoms with Crippen molar-refractivity contribution >= 4 is 5.57 Å². The van der Waals surface area contributed by atoms with Crippen molar-refractivity contribution in [3.63, 3.8) is 0 Å². The molecule has 3 aromatic carbocycles. The quantitative estimate of drug-likeness (QED) is 0.513. The van der Waals surface area contributed by atoms with Gasteiger partial charge in [0.25, 0.3) is 0 Å². The van der Waals surface area contributed by atoms with Gasteiger partial charge in [-0.25, -0.2) is 0 Å². The fourth-order valence-corrected chi connectivity index (χ4v) is 2.90. The second-order valence-corrected chi connectivity index (χ2v) is 6.37. The lowest BCUT2D eigenvalue weighted by molar-refractivity contribution is 1.00. The van der Waals surface area contributed by atoms with E-state index in [2.05, 4.69) is 98.8 Å². The Morgan fingerprint density at radius 1 is 0.667 bits per heavy atom. The highest BCUT2D eigenvalue weighted by Crippen LogP contribution is 2.25. The fourth-order valence-electron chi connectivity index (χ4n) is 2.90. The highest BCUT2D eigenvalue weighted by atomic mass is 14.1. The van der Waals surface area contributed by atoms with Crippen LogP contribution in [0.3, 0.4) is 0 Å². The van der Waals surface area contributed by atoms with Crippen LogP contribution in [0.5, 0.6) is 0 Å². The first-order valence-electron chi connectivity index (χ1n) is 8.60. The summed E-state index contributed by atoms with van der Waals surface area (Å²) < 4.78 is 0. The topological polar surface area (TPSA) is 0 Å². The summed E-state index contributed by atoms with van der Waals surface area (Å²) >= 11 is 0. The third kappa shape index (κ3) is 4.23. The summed E-state index contributed by atoms with van der Waals surface area (Å²) in [6.45, 7) is 4.27. The third-order valence-electron chi connectivity index (χ3n) is 4.35. The van der Waals surface area contributed by atoms with Crippen LogP contribution in [0.1, 0.15) is 34.2 Å². The molecule has 24 heavy (non-hydrogen) atoms. The van der Waals surface area contributed by atoms with Crippen LogP contribution >= 0.6 is 0 Å². The predicted octanol–water partition coefficient (Wildman–Crippen LogP) is 6.37. The van der Waals surface area contributed by atoms with Crippen LogP contribution in [0.4, 0.5) is 0 Å². The average Bonchev–Trinajstić information content (AvgIpc) is 2.62. The standard InChI is InChI=1S/C24H24/c1-19-11-15-22(16-12-19)24(23-17-13-20(2)14-18-23)10-6-9-21-7-4-3-5-8-21/h3-5,7-8,10-18H,6,9H2,1-2H3. The van der Waals surface area contributed by atoms with E-state index in [0.29, 0.717) is 0 Å². The van der Waals surface area contributed by atoms with Crippen molar-refractivity contribution in [2.45, 2.75) is 26.7 Å². The van der Waals surface area contributed by atoms with Crippen molar-refractivity contribution in [2.75, 3.05) is 0 Å². The molecule has 0 unspecified atom stereocenters. The zero-order valence-corrected chi connectivity index (χ0v) is 14.5. The van der Waals surface area contributed by atoms with Crippen LogP contribution in [-0.2, 0) is 6.42 Å². The first kappa shape index (κ1) is 16.3. The van der Waals surface area contributed by atoms with Crippen molar-refractivity contribution in [1.29, 1.82) is 0 Å². The van der Waals surface area contributed by atoms with Crippen LogP contribution in [0, 0.1) is 13.8 Å². The van der Waals surface area contributed by atoms with E-state index in [0.717, 1.165) is 12.8 Å². The van der Waals surface area contributed by atoms with Crippen molar-refractivity contribution in [3.05, 3.63) is 113 Å². The van der Waals surface area contributed by atoms with Gasteiger partial charge in [-0.15, -0.1) is 0 Å². The highest BCUT2D eigenvalue weighted by Gasteiger charge is 2.05. The molecule has 3 rings (SSSR count). The van der Waals surface area contributed by atoms with E-state index in [1.807, 2.05) is 0 Å². The number of allylic oxidation sites excluding steroid dienone is 1. The largest absolute Gasteiger partial charge is 0.0757 e. The van der Waals surface area contributed by atoms with Crippen LogP contribution < -0.4 is 0 Å². The zero-order chi connectivity index (χ0) is 16.8. The summed E-state index contributed by atoms with van der Waals surface area (Å²) in [6, 6.07) is 28.4. The second-order valence-electron chi connectivity index (χ2n) is 6.37. The Morgan fingerprint density at radius 2 is 1.17 bits per heavy atom. The van der Waals surface area contributed by atoms with E-state index in [1.54, 1.807) is 0 Å². The van der Waals surface area contributed by atoms with E-state index >= 15 is 0 Å². The molecule has 0 saturated heterocycles. The van der Waals surface area contributed by atoms with Gasteiger partial charge in [0.15, 0.2) is 0 Å². The number of hydrogen-bond acceptors (Lipinski definition) is 0. The van der Waals surface area contributed by atoms with Gasteiger partial charge >= 0.3 is 0 Å². The number of aryl methyl sites for hydroxylation is 3. The summed E-state index contributed by atoms with van der Waals surface area (Å²) in [5.74, 6) is 0. The number of benzene rings is 3. The van der Waals surface area contributed by atoms with Gasteiger partial charge < -0.3 is 0 Å². The van der Waals surface area contributed by atoms with E-state index in [4.69, 9.17) is 0 Å². The Morgan fingerprint density at radius 3 is 1.67 bits per heavy atom. The van der Waals surface area contributed by atoms with Crippen molar-refractivity contribution in [3.8, 4) is 0 Å².